The number of carbonyl (C=O) groups excluding carboxylic acids is 1. The Bertz CT molecular complexity index is 867. The molecule has 0 atom stereocenters. The first kappa shape index (κ1) is 20.0. The third-order valence-electron chi connectivity index (χ3n) is 4.18. The molecule has 0 aliphatic heterocycles. The van der Waals surface area contributed by atoms with Crippen molar-refractivity contribution in [2.45, 2.75) is 13.1 Å². The molecule has 0 saturated heterocycles. The normalized spacial score (nSPS) is 10.8. The standard InChI is InChI=1S/C22H25N3O2S/c1-24(2)12-13-27-20-9-5-7-18(15-20)16-25(17-19-8-3-4-11-23-19)22(26)21-10-6-14-28-21/h3-11,14-15H,12-13,16-17H2,1-2H3. The molecule has 146 valence electrons. The largest absolute Gasteiger partial charge is 0.492 e. The van der Waals surface area contributed by atoms with E-state index in [9.17, 15) is 4.79 Å². The average molecular weight is 396 g/mol. The van der Waals surface area contributed by atoms with Crippen molar-refractivity contribution in [3.8, 4) is 5.75 Å². The second-order valence-electron chi connectivity index (χ2n) is 6.76. The highest BCUT2D eigenvalue weighted by Gasteiger charge is 2.18. The van der Waals surface area contributed by atoms with E-state index >= 15 is 0 Å². The highest BCUT2D eigenvalue weighted by atomic mass is 32.1. The Morgan fingerprint density at radius 3 is 2.68 bits per heavy atom. The number of ether oxygens (including phenoxy) is 1. The van der Waals surface area contributed by atoms with Gasteiger partial charge >= 0.3 is 0 Å². The molecule has 2 heterocycles. The topological polar surface area (TPSA) is 45.7 Å². The van der Waals surface area contributed by atoms with Crippen LogP contribution in [0.4, 0.5) is 0 Å². The molecule has 1 aromatic carbocycles. The molecule has 0 spiro atoms. The van der Waals surface area contributed by atoms with E-state index in [1.54, 1.807) is 6.20 Å². The predicted octanol–water partition coefficient (Wildman–Crippen LogP) is 3.93. The number of hydrogen-bond donors (Lipinski definition) is 0. The van der Waals surface area contributed by atoms with Gasteiger partial charge in [-0.2, -0.15) is 0 Å². The molecule has 0 aliphatic rings. The van der Waals surface area contributed by atoms with Crippen LogP contribution in [0.3, 0.4) is 0 Å². The lowest BCUT2D eigenvalue weighted by atomic mass is 10.2. The van der Waals surface area contributed by atoms with Crippen LogP contribution in [0.15, 0.2) is 66.2 Å². The molecule has 0 bridgehead atoms. The van der Waals surface area contributed by atoms with Gasteiger partial charge in [0.15, 0.2) is 0 Å². The Hall–Kier alpha value is -2.70. The monoisotopic (exact) mass is 395 g/mol. The second-order valence-corrected chi connectivity index (χ2v) is 7.71. The van der Waals surface area contributed by atoms with Gasteiger partial charge in [0.1, 0.15) is 12.4 Å². The fraction of sp³-hybridized carbons (Fsp3) is 0.273. The zero-order valence-electron chi connectivity index (χ0n) is 16.2. The average Bonchev–Trinajstić information content (AvgIpc) is 3.23. The zero-order chi connectivity index (χ0) is 19.8. The summed E-state index contributed by atoms with van der Waals surface area (Å²) in [5.41, 5.74) is 1.90. The Morgan fingerprint density at radius 2 is 1.96 bits per heavy atom. The summed E-state index contributed by atoms with van der Waals surface area (Å²) in [7, 11) is 4.04. The van der Waals surface area contributed by atoms with Crippen LogP contribution in [-0.4, -0.2) is 47.9 Å². The van der Waals surface area contributed by atoms with Gasteiger partial charge < -0.3 is 14.5 Å². The van der Waals surface area contributed by atoms with Crippen molar-refractivity contribution in [3.05, 3.63) is 82.3 Å². The Morgan fingerprint density at radius 1 is 1.07 bits per heavy atom. The van der Waals surface area contributed by atoms with E-state index in [0.29, 0.717) is 19.7 Å². The SMILES string of the molecule is CN(C)CCOc1cccc(CN(Cc2ccccn2)C(=O)c2cccs2)c1. The third kappa shape index (κ3) is 5.90. The minimum atomic E-state index is 0.0135. The second kappa shape index (κ2) is 10.0. The molecule has 28 heavy (non-hydrogen) atoms. The first-order valence-corrected chi connectivity index (χ1v) is 10.1. The number of nitrogens with zero attached hydrogens (tertiary/aromatic N) is 3. The predicted molar refractivity (Wildman–Crippen MR) is 113 cm³/mol. The maximum atomic E-state index is 13.0. The van der Waals surface area contributed by atoms with Crippen molar-refractivity contribution >= 4 is 17.2 Å². The molecule has 0 radical (unpaired) electrons. The van der Waals surface area contributed by atoms with Crippen LogP contribution in [0.1, 0.15) is 20.9 Å². The summed E-state index contributed by atoms with van der Waals surface area (Å²) < 4.78 is 5.83. The van der Waals surface area contributed by atoms with Crippen LogP contribution in [0.2, 0.25) is 0 Å². The van der Waals surface area contributed by atoms with Gasteiger partial charge in [0.05, 0.1) is 17.1 Å². The van der Waals surface area contributed by atoms with Crippen LogP contribution in [-0.2, 0) is 13.1 Å². The molecule has 0 fully saturated rings. The lowest BCUT2D eigenvalue weighted by Gasteiger charge is -2.22. The summed E-state index contributed by atoms with van der Waals surface area (Å²) in [6.07, 6.45) is 1.75. The van der Waals surface area contributed by atoms with E-state index < -0.39 is 0 Å². The molecular formula is C22H25N3O2S. The van der Waals surface area contributed by atoms with Crippen molar-refractivity contribution in [1.82, 2.24) is 14.8 Å². The summed E-state index contributed by atoms with van der Waals surface area (Å²) in [4.78, 5) is 22.0. The van der Waals surface area contributed by atoms with Gasteiger partial charge in [-0.3, -0.25) is 9.78 Å². The maximum absolute atomic E-state index is 13.0. The number of aromatic nitrogens is 1. The molecule has 2 aromatic heterocycles. The van der Waals surface area contributed by atoms with Gasteiger partial charge in [-0.25, -0.2) is 0 Å². The van der Waals surface area contributed by atoms with Crippen molar-refractivity contribution in [3.63, 3.8) is 0 Å². The number of carbonyl (C=O) groups is 1. The Balaban J connectivity index is 1.74. The van der Waals surface area contributed by atoms with Crippen molar-refractivity contribution in [2.24, 2.45) is 0 Å². The van der Waals surface area contributed by atoms with E-state index in [2.05, 4.69) is 9.88 Å². The van der Waals surface area contributed by atoms with Crippen LogP contribution < -0.4 is 4.74 Å². The summed E-state index contributed by atoms with van der Waals surface area (Å²) in [5, 5.41) is 1.92. The maximum Gasteiger partial charge on any atom is 0.264 e. The third-order valence-corrected chi connectivity index (χ3v) is 5.04. The Labute approximate surface area is 170 Å². The number of amides is 1. The molecule has 3 aromatic rings. The fourth-order valence-electron chi connectivity index (χ4n) is 2.74. The van der Waals surface area contributed by atoms with Crippen molar-refractivity contribution < 1.29 is 9.53 Å². The van der Waals surface area contributed by atoms with E-state index in [-0.39, 0.29) is 5.91 Å². The molecule has 5 nitrogen and oxygen atoms in total. The van der Waals surface area contributed by atoms with Crippen LogP contribution >= 0.6 is 11.3 Å². The summed E-state index contributed by atoms with van der Waals surface area (Å²) in [6, 6.07) is 17.5. The molecular weight excluding hydrogens is 370 g/mol. The lowest BCUT2D eigenvalue weighted by Crippen LogP contribution is -2.30. The molecule has 0 saturated carbocycles. The highest BCUT2D eigenvalue weighted by Crippen LogP contribution is 2.19. The van der Waals surface area contributed by atoms with Gasteiger partial charge in [0.25, 0.3) is 5.91 Å². The number of benzene rings is 1. The fourth-order valence-corrected chi connectivity index (χ4v) is 3.43. The molecule has 0 unspecified atom stereocenters. The lowest BCUT2D eigenvalue weighted by molar-refractivity contribution is 0.0732. The van der Waals surface area contributed by atoms with E-state index in [1.165, 1.54) is 11.3 Å². The van der Waals surface area contributed by atoms with Gasteiger partial charge in [0.2, 0.25) is 0 Å². The number of hydrogen-bond acceptors (Lipinski definition) is 5. The van der Waals surface area contributed by atoms with E-state index in [1.807, 2.05) is 79.0 Å². The minimum absolute atomic E-state index is 0.0135. The number of pyridine rings is 1. The summed E-state index contributed by atoms with van der Waals surface area (Å²) in [6.45, 7) is 2.44. The molecule has 3 rings (SSSR count). The zero-order valence-corrected chi connectivity index (χ0v) is 17.1. The smallest absolute Gasteiger partial charge is 0.264 e. The van der Waals surface area contributed by atoms with Crippen LogP contribution in [0.25, 0.3) is 0 Å². The molecule has 0 aliphatic carbocycles. The minimum Gasteiger partial charge on any atom is -0.492 e. The van der Waals surface area contributed by atoms with E-state index in [4.69, 9.17) is 4.74 Å². The first-order valence-electron chi connectivity index (χ1n) is 9.21. The number of likely N-dealkylation sites (N-methyl/N-ethyl adjacent to an activating group) is 1. The van der Waals surface area contributed by atoms with Gasteiger partial charge in [-0.15, -0.1) is 11.3 Å². The number of rotatable bonds is 9. The quantitative estimate of drug-likeness (QED) is 0.551. The summed E-state index contributed by atoms with van der Waals surface area (Å²) >= 11 is 1.46. The molecule has 0 N–H and O–H groups in total. The van der Waals surface area contributed by atoms with Crippen molar-refractivity contribution in [1.29, 1.82) is 0 Å². The molecule has 1 amide bonds. The molecule has 6 heteroatoms. The van der Waals surface area contributed by atoms with Gasteiger partial charge in [0, 0.05) is 19.3 Å². The van der Waals surface area contributed by atoms with Crippen LogP contribution in [0.5, 0.6) is 5.75 Å². The van der Waals surface area contributed by atoms with Crippen molar-refractivity contribution in [2.75, 3.05) is 27.2 Å². The van der Waals surface area contributed by atoms with Gasteiger partial charge in [-0.05, 0) is 55.4 Å². The van der Waals surface area contributed by atoms with E-state index in [0.717, 1.165) is 28.4 Å². The number of thiophene rings is 1. The highest BCUT2D eigenvalue weighted by molar-refractivity contribution is 7.12. The van der Waals surface area contributed by atoms with Gasteiger partial charge in [-0.1, -0.05) is 24.3 Å². The summed E-state index contributed by atoms with van der Waals surface area (Å²) in [5.74, 6) is 0.834. The first-order chi connectivity index (χ1) is 13.6. The Kier molecular flexibility index (Phi) is 7.17. The van der Waals surface area contributed by atoms with Crippen LogP contribution in [0, 0.1) is 0 Å².